The molecule has 1 aromatic rings. The van der Waals surface area contributed by atoms with E-state index in [9.17, 15) is 0 Å². The number of benzene rings is 1. The lowest BCUT2D eigenvalue weighted by atomic mass is 9.87. The Bertz CT molecular complexity index is 318. The lowest BCUT2D eigenvalue weighted by Gasteiger charge is -2.28. The van der Waals surface area contributed by atoms with Gasteiger partial charge in [0.05, 0.1) is 0 Å². The van der Waals surface area contributed by atoms with Crippen molar-refractivity contribution in [3.05, 3.63) is 35.4 Å². The van der Waals surface area contributed by atoms with E-state index in [4.69, 9.17) is 10.5 Å². The number of hydrogen-bond acceptors (Lipinski definition) is 2. The molecule has 0 bridgehead atoms. The van der Waals surface area contributed by atoms with E-state index in [1.807, 2.05) is 0 Å². The van der Waals surface area contributed by atoms with E-state index in [-0.39, 0.29) is 6.04 Å². The molecule has 0 aliphatic carbocycles. The smallest absolute Gasteiger partial charge is 0.0469 e. The summed E-state index contributed by atoms with van der Waals surface area (Å²) in [5.41, 5.74) is 8.84. The Balaban J connectivity index is 2.08. The number of ether oxygens (including phenoxy) is 1. The standard InChI is InChI=1S/C13H19NO/c1-10-3-2-4-12(9-10)13(14)11-5-7-15-8-6-11/h2-4,9,11,13H,5-8,14H2,1H3. The highest BCUT2D eigenvalue weighted by Gasteiger charge is 2.21. The third-order valence-electron chi connectivity index (χ3n) is 3.20. The van der Waals surface area contributed by atoms with Crippen molar-refractivity contribution in [2.45, 2.75) is 25.8 Å². The van der Waals surface area contributed by atoms with E-state index in [1.165, 1.54) is 11.1 Å². The molecular formula is C13H19NO. The van der Waals surface area contributed by atoms with Crippen molar-refractivity contribution in [3.63, 3.8) is 0 Å². The van der Waals surface area contributed by atoms with Gasteiger partial charge in [-0.05, 0) is 31.2 Å². The van der Waals surface area contributed by atoms with Crippen molar-refractivity contribution in [1.29, 1.82) is 0 Å². The molecule has 82 valence electrons. The molecule has 0 amide bonds. The summed E-state index contributed by atoms with van der Waals surface area (Å²) in [7, 11) is 0. The van der Waals surface area contributed by atoms with Gasteiger partial charge in [-0.1, -0.05) is 29.8 Å². The molecule has 0 saturated carbocycles. The molecule has 1 atom stereocenters. The Morgan fingerprint density at radius 2 is 2.07 bits per heavy atom. The number of aryl methyl sites for hydroxylation is 1. The van der Waals surface area contributed by atoms with E-state index < -0.39 is 0 Å². The van der Waals surface area contributed by atoms with Gasteiger partial charge in [-0.3, -0.25) is 0 Å². The molecule has 2 nitrogen and oxygen atoms in total. The minimum Gasteiger partial charge on any atom is -0.381 e. The molecule has 1 fully saturated rings. The maximum Gasteiger partial charge on any atom is 0.0469 e. The molecule has 0 spiro atoms. The Morgan fingerprint density at radius 1 is 1.33 bits per heavy atom. The lowest BCUT2D eigenvalue weighted by molar-refractivity contribution is 0.0584. The molecule has 0 aromatic heterocycles. The van der Waals surface area contributed by atoms with Crippen LogP contribution in [-0.2, 0) is 4.74 Å². The average molecular weight is 205 g/mol. The molecule has 1 unspecified atom stereocenters. The van der Waals surface area contributed by atoms with Crippen LogP contribution in [0.15, 0.2) is 24.3 Å². The van der Waals surface area contributed by atoms with E-state index in [2.05, 4.69) is 31.2 Å². The van der Waals surface area contributed by atoms with Gasteiger partial charge in [0.2, 0.25) is 0 Å². The van der Waals surface area contributed by atoms with Crippen molar-refractivity contribution in [2.24, 2.45) is 11.7 Å². The minimum atomic E-state index is 0.175. The van der Waals surface area contributed by atoms with Crippen LogP contribution in [0.5, 0.6) is 0 Å². The van der Waals surface area contributed by atoms with E-state index in [0.717, 1.165) is 26.1 Å². The molecule has 2 heteroatoms. The van der Waals surface area contributed by atoms with Gasteiger partial charge in [-0.25, -0.2) is 0 Å². The molecule has 2 rings (SSSR count). The summed E-state index contributed by atoms with van der Waals surface area (Å²) in [5, 5.41) is 0. The van der Waals surface area contributed by atoms with Gasteiger partial charge in [0.1, 0.15) is 0 Å². The monoisotopic (exact) mass is 205 g/mol. The first-order valence-corrected chi connectivity index (χ1v) is 5.67. The van der Waals surface area contributed by atoms with Gasteiger partial charge in [-0.15, -0.1) is 0 Å². The van der Waals surface area contributed by atoms with Crippen LogP contribution in [0.4, 0.5) is 0 Å². The van der Waals surface area contributed by atoms with Crippen LogP contribution in [0.25, 0.3) is 0 Å². The number of rotatable bonds is 2. The molecule has 2 N–H and O–H groups in total. The lowest BCUT2D eigenvalue weighted by Crippen LogP contribution is -2.27. The summed E-state index contributed by atoms with van der Waals surface area (Å²) in [4.78, 5) is 0. The van der Waals surface area contributed by atoms with Crippen molar-refractivity contribution >= 4 is 0 Å². The Kier molecular flexibility index (Phi) is 3.39. The summed E-state index contributed by atoms with van der Waals surface area (Å²) < 4.78 is 5.35. The number of nitrogens with two attached hydrogens (primary N) is 1. The third-order valence-corrected chi connectivity index (χ3v) is 3.20. The fourth-order valence-corrected chi connectivity index (χ4v) is 2.22. The first kappa shape index (κ1) is 10.7. The molecule has 15 heavy (non-hydrogen) atoms. The van der Waals surface area contributed by atoms with Crippen molar-refractivity contribution in [2.75, 3.05) is 13.2 Å². The molecular weight excluding hydrogens is 186 g/mol. The summed E-state index contributed by atoms with van der Waals surface area (Å²) in [6.45, 7) is 3.84. The third kappa shape index (κ3) is 2.58. The highest BCUT2D eigenvalue weighted by atomic mass is 16.5. The maximum atomic E-state index is 6.28. The van der Waals surface area contributed by atoms with Gasteiger partial charge in [0.25, 0.3) is 0 Å². The van der Waals surface area contributed by atoms with Crippen LogP contribution in [0, 0.1) is 12.8 Å². The zero-order chi connectivity index (χ0) is 10.7. The van der Waals surface area contributed by atoms with Gasteiger partial charge < -0.3 is 10.5 Å². The summed E-state index contributed by atoms with van der Waals surface area (Å²) in [6, 6.07) is 8.70. The average Bonchev–Trinajstić information content (AvgIpc) is 2.29. The van der Waals surface area contributed by atoms with Crippen LogP contribution in [0.3, 0.4) is 0 Å². The van der Waals surface area contributed by atoms with Crippen LogP contribution in [-0.4, -0.2) is 13.2 Å². The van der Waals surface area contributed by atoms with Crippen molar-refractivity contribution in [3.8, 4) is 0 Å². The SMILES string of the molecule is Cc1cccc(C(N)C2CCOCC2)c1. The first-order chi connectivity index (χ1) is 7.27. The van der Waals surface area contributed by atoms with Crippen LogP contribution < -0.4 is 5.73 Å². The topological polar surface area (TPSA) is 35.2 Å². The second kappa shape index (κ2) is 4.77. The van der Waals surface area contributed by atoms with E-state index >= 15 is 0 Å². The highest BCUT2D eigenvalue weighted by molar-refractivity contribution is 5.25. The van der Waals surface area contributed by atoms with E-state index in [0.29, 0.717) is 5.92 Å². The molecule has 0 radical (unpaired) electrons. The fourth-order valence-electron chi connectivity index (χ4n) is 2.22. The predicted molar refractivity (Wildman–Crippen MR) is 61.7 cm³/mol. The zero-order valence-electron chi connectivity index (χ0n) is 9.28. The molecule has 1 aliphatic heterocycles. The Morgan fingerprint density at radius 3 is 2.73 bits per heavy atom. The fraction of sp³-hybridized carbons (Fsp3) is 0.538. The zero-order valence-corrected chi connectivity index (χ0v) is 9.28. The molecule has 1 aliphatic rings. The molecule has 1 aromatic carbocycles. The van der Waals surface area contributed by atoms with Gasteiger partial charge >= 0.3 is 0 Å². The highest BCUT2D eigenvalue weighted by Crippen LogP contribution is 2.28. The predicted octanol–water partition coefficient (Wildman–Crippen LogP) is 2.42. The Labute approximate surface area is 91.4 Å². The van der Waals surface area contributed by atoms with Crippen LogP contribution >= 0.6 is 0 Å². The molecule has 1 heterocycles. The quantitative estimate of drug-likeness (QED) is 0.804. The second-order valence-corrected chi connectivity index (χ2v) is 4.39. The molecule has 1 saturated heterocycles. The summed E-state index contributed by atoms with van der Waals surface area (Å²) in [5.74, 6) is 0.584. The van der Waals surface area contributed by atoms with Crippen molar-refractivity contribution < 1.29 is 4.74 Å². The largest absolute Gasteiger partial charge is 0.381 e. The second-order valence-electron chi connectivity index (χ2n) is 4.39. The van der Waals surface area contributed by atoms with Gasteiger partial charge in [0, 0.05) is 19.3 Å². The van der Waals surface area contributed by atoms with Crippen LogP contribution in [0.2, 0.25) is 0 Å². The Hall–Kier alpha value is -0.860. The summed E-state index contributed by atoms with van der Waals surface area (Å²) >= 11 is 0. The van der Waals surface area contributed by atoms with Gasteiger partial charge in [0.15, 0.2) is 0 Å². The normalized spacial score (nSPS) is 20.1. The minimum absolute atomic E-state index is 0.175. The van der Waals surface area contributed by atoms with Crippen molar-refractivity contribution in [1.82, 2.24) is 0 Å². The van der Waals surface area contributed by atoms with Gasteiger partial charge in [-0.2, -0.15) is 0 Å². The van der Waals surface area contributed by atoms with E-state index in [1.54, 1.807) is 0 Å². The summed E-state index contributed by atoms with van der Waals surface area (Å²) in [6.07, 6.45) is 2.18. The number of hydrogen-bond donors (Lipinski definition) is 1. The maximum absolute atomic E-state index is 6.28. The first-order valence-electron chi connectivity index (χ1n) is 5.67. The van der Waals surface area contributed by atoms with Crippen LogP contribution in [0.1, 0.15) is 30.0 Å².